The number of aromatic nitrogens is 2. The topological polar surface area (TPSA) is 89.3 Å². The number of H-pyrrole nitrogens is 2. The molecule has 0 saturated carbocycles. The van der Waals surface area contributed by atoms with Crippen LogP contribution >= 0.6 is 0 Å². The highest BCUT2D eigenvalue weighted by molar-refractivity contribution is 5.85. The van der Waals surface area contributed by atoms with Gasteiger partial charge < -0.3 is 9.88 Å². The smallest absolute Gasteiger partial charge is 0.325 e. The number of rotatable bonds is 5. The van der Waals surface area contributed by atoms with Gasteiger partial charge in [-0.25, -0.2) is 4.79 Å². The molecule has 2 aromatic carbocycles. The third-order valence-corrected chi connectivity index (χ3v) is 5.84. The number of aryl methyl sites for hydroxylation is 1. The first-order valence-electron chi connectivity index (χ1n) is 10.3. The lowest BCUT2D eigenvalue weighted by atomic mass is 10.0. The minimum atomic E-state index is -0.519. The van der Waals surface area contributed by atoms with Crippen LogP contribution in [0.3, 0.4) is 0 Å². The molecular weight excluding hydrogens is 380 g/mol. The van der Waals surface area contributed by atoms with Gasteiger partial charge in [-0.1, -0.05) is 42.5 Å². The maximum Gasteiger partial charge on any atom is 0.325 e. The average Bonchev–Trinajstić information content (AvgIpc) is 2.73. The molecule has 1 aliphatic rings. The van der Waals surface area contributed by atoms with Crippen molar-refractivity contribution in [3.05, 3.63) is 80.1 Å². The van der Waals surface area contributed by atoms with Gasteiger partial charge in [-0.15, -0.1) is 0 Å². The van der Waals surface area contributed by atoms with Crippen molar-refractivity contribution in [2.24, 2.45) is 0 Å². The molecule has 0 bridgehead atoms. The molecule has 7 nitrogen and oxygen atoms in total. The van der Waals surface area contributed by atoms with E-state index in [1.54, 1.807) is 6.92 Å². The van der Waals surface area contributed by atoms with Gasteiger partial charge in [-0.3, -0.25) is 19.5 Å². The number of piperazine rings is 1. The van der Waals surface area contributed by atoms with Crippen molar-refractivity contribution in [1.82, 2.24) is 19.8 Å². The number of hydrogen-bond donors (Lipinski definition) is 2. The average molecular weight is 406 g/mol. The molecular formula is C23H26N4O3. The maximum absolute atomic E-state index is 12.6. The summed E-state index contributed by atoms with van der Waals surface area (Å²) in [6, 6.07) is 14.8. The van der Waals surface area contributed by atoms with Crippen molar-refractivity contribution in [3.63, 3.8) is 0 Å². The lowest BCUT2D eigenvalue weighted by Crippen LogP contribution is -2.48. The van der Waals surface area contributed by atoms with Crippen LogP contribution in [0.2, 0.25) is 0 Å². The monoisotopic (exact) mass is 406 g/mol. The third-order valence-electron chi connectivity index (χ3n) is 5.84. The first kappa shape index (κ1) is 20.1. The van der Waals surface area contributed by atoms with Gasteiger partial charge in [-0.05, 0) is 29.7 Å². The van der Waals surface area contributed by atoms with Crippen molar-refractivity contribution in [2.45, 2.75) is 26.3 Å². The summed E-state index contributed by atoms with van der Waals surface area (Å²) in [5.41, 5.74) is 1.37. The summed E-state index contributed by atoms with van der Waals surface area (Å²) >= 11 is 0. The summed E-state index contributed by atoms with van der Waals surface area (Å²) in [7, 11) is 0. The minimum absolute atomic E-state index is 0.0461. The zero-order valence-electron chi connectivity index (χ0n) is 17.1. The SMILES string of the molecule is Cc1[nH]c(=O)[nH]c(=O)c1CCC(=O)N1CCN(Cc2cccc3ccccc23)CC1. The van der Waals surface area contributed by atoms with Gasteiger partial charge in [0.05, 0.1) is 0 Å². The van der Waals surface area contributed by atoms with E-state index >= 15 is 0 Å². The van der Waals surface area contributed by atoms with Gasteiger partial charge in [-0.2, -0.15) is 0 Å². The van der Waals surface area contributed by atoms with Gasteiger partial charge >= 0.3 is 5.69 Å². The van der Waals surface area contributed by atoms with Crippen molar-refractivity contribution in [3.8, 4) is 0 Å². The Hall–Kier alpha value is -3.19. The maximum atomic E-state index is 12.6. The van der Waals surface area contributed by atoms with Gasteiger partial charge in [0.15, 0.2) is 0 Å². The van der Waals surface area contributed by atoms with Crippen LogP contribution in [0, 0.1) is 6.92 Å². The molecule has 1 amide bonds. The highest BCUT2D eigenvalue weighted by atomic mass is 16.2. The van der Waals surface area contributed by atoms with E-state index in [1.165, 1.54) is 16.3 Å². The van der Waals surface area contributed by atoms with Gasteiger partial charge in [0, 0.05) is 50.4 Å². The molecule has 156 valence electrons. The Morgan fingerprint density at radius 2 is 1.70 bits per heavy atom. The predicted molar refractivity (Wildman–Crippen MR) is 117 cm³/mol. The lowest BCUT2D eigenvalue weighted by Gasteiger charge is -2.35. The molecule has 2 heterocycles. The highest BCUT2D eigenvalue weighted by Crippen LogP contribution is 2.20. The van der Waals surface area contributed by atoms with Gasteiger partial charge in [0.25, 0.3) is 5.56 Å². The Kier molecular flexibility index (Phi) is 5.81. The van der Waals surface area contributed by atoms with Crippen LogP contribution in [-0.2, 0) is 17.8 Å². The Morgan fingerprint density at radius 3 is 2.47 bits per heavy atom. The standard InChI is InChI=1S/C23H26N4O3/c1-16-19(22(29)25-23(30)24-16)9-10-21(28)27-13-11-26(12-14-27)15-18-7-4-6-17-5-2-3-8-20(17)18/h2-8H,9-15H2,1H3,(H2,24,25,29,30). The summed E-state index contributed by atoms with van der Waals surface area (Å²) in [5.74, 6) is 0.0461. The summed E-state index contributed by atoms with van der Waals surface area (Å²) in [5, 5.41) is 2.52. The van der Waals surface area contributed by atoms with Crippen LogP contribution in [-0.4, -0.2) is 51.9 Å². The summed E-state index contributed by atoms with van der Waals surface area (Å²) in [6.07, 6.45) is 0.590. The van der Waals surface area contributed by atoms with Gasteiger partial charge in [0.2, 0.25) is 5.91 Å². The number of aromatic amines is 2. The van der Waals surface area contributed by atoms with Crippen LogP contribution < -0.4 is 11.2 Å². The number of nitrogens with zero attached hydrogens (tertiary/aromatic N) is 2. The van der Waals surface area contributed by atoms with E-state index in [1.807, 2.05) is 4.90 Å². The molecule has 1 fully saturated rings. The number of hydrogen-bond acceptors (Lipinski definition) is 4. The molecule has 30 heavy (non-hydrogen) atoms. The Morgan fingerprint density at radius 1 is 0.967 bits per heavy atom. The molecule has 4 rings (SSSR count). The first-order chi connectivity index (χ1) is 14.5. The Bertz CT molecular complexity index is 1170. The second-order valence-electron chi connectivity index (χ2n) is 7.81. The molecule has 0 unspecified atom stereocenters. The van der Waals surface area contributed by atoms with E-state index in [-0.39, 0.29) is 12.3 Å². The summed E-state index contributed by atoms with van der Waals surface area (Å²) in [4.78, 5) is 44.9. The van der Waals surface area contributed by atoms with Gasteiger partial charge in [0.1, 0.15) is 0 Å². The lowest BCUT2D eigenvalue weighted by molar-refractivity contribution is -0.133. The number of amides is 1. The number of carbonyl (C=O) groups is 1. The van der Waals surface area contributed by atoms with Crippen molar-refractivity contribution < 1.29 is 4.79 Å². The van der Waals surface area contributed by atoms with Crippen molar-refractivity contribution in [2.75, 3.05) is 26.2 Å². The van der Waals surface area contributed by atoms with E-state index in [2.05, 4.69) is 57.3 Å². The number of benzene rings is 2. The minimum Gasteiger partial charge on any atom is -0.340 e. The molecule has 1 aliphatic heterocycles. The summed E-state index contributed by atoms with van der Waals surface area (Å²) in [6.45, 7) is 5.58. The number of nitrogens with one attached hydrogen (secondary N) is 2. The molecule has 1 aromatic heterocycles. The molecule has 0 radical (unpaired) electrons. The van der Waals surface area contributed by atoms with E-state index in [0.717, 1.165) is 19.6 Å². The number of fused-ring (bicyclic) bond motifs is 1. The zero-order valence-corrected chi connectivity index (χ0v) is 17.1. The predicted octanol–water partition coefficient (Wildman–Crippen LogP) is 1.80. The Balaban J connectivity index is 1.33. The molecule has 0 spiro atoms. The Labute approximate surface area is 174 Å². The van der Waals surface area contributed by atoms with Crippen LogP contribution in [0.4, 0.5) is 0 Å². The molecule has 0 aliphatic carbocycles. The first-order valence-corrected chi connectivity index (χ1v) is 10.3. The molecule has 3 aromatic rings. The van der Waals surface area contributed by atoms with E-state index < -0.39 is 11.2 Å². The second kappa shape index (κ2) is 8.67. The molecule has 7 heteroatoms. The molecule has 0 atom stereocenters. The van der Waals surface area contributed by atoms with Crippen LogP contribution in [0.1, 0.15) is 23.2 Å². The van der Waals surface area contributed by atoms with Crippen LogP contribution in [0.15, 0.2) is 52.1 Å². The van der Waals surface area contributed by atoms with Crippen molar-refractivity contribution >= 4 is 16.7 Å². The van der Waals surface area contributed by atoms with E-state index in [0.29, 0.717) is 30.8 Å². The fourth-order valence-corrected chi connectivity index (χ4v) is 4.14. The van der Waals surface area contributed by atoms with Crippen molar-refractivity contribution in [1.29, 1.82) is 0 Å². The molecule has 1 saturated heterocycles. The van der Waals surface area contributed by atoms with E-state index in [9.17, 15) is 14.4 Å². The van der Waals surface area contributed by atoms with E-state index in [4.69, 9.17) is 0 Å². The molecule has 2 N–H and O–H groups in total. The second-order valence-corrected chi connectivity index (χ2v) is 7.81. The normalized spacial score (nSPS) is 14.9. The zero-order chi connectivity index (χ0) is 21.1. The number of carbonyl (C=O) groups excluding carboxylic acids is 1. The third kappa shape index (κ3) is 4.36. The van der Waals surface area contributed by atoms with Crippen LogP contribution in [0.5, 0.6) is 0 Å². The quantitative estimate of drug-likeness (QED) is 0.676. The fourth-order valence-electron chi connectivity index (χ4n) is 4.14. The fraction of sp³-hybridized carbons (Fsp3) is 0.348. The largest absolute Gasteiger partial charge is 0.340 e. The van der Waals surface area contributed by atoms with Crippen LogP contribution in [0.25, 0.3) is 10.8 Å². The summed E-state index contributed by atoms with van der Waals surface area (Å²) < 4.78 is 0. The highest BCUT2D eigenvalue weighted by Gasteiger charge is 2.22.